The molecule has 0 aliphatic carbocycles. The predicted molar refractivity (Wildman–Crippen MR) is 72.5 cm³/mol. The van der Waals surface area contributed by atoms with Crippen LogP contribution in [0.5, 0.6) is 0 Å². The topological polar surface area (TPSA) is 125 Å². The van der Waals surface area contributed by atoms with Crippen molar-refractivity contribution in [1.29, 1.82) is 0 Å². The van der Waals surface area contributed by atoms with Gasteiger partial charge in [-0.05, 0) is 15.9 Å². The van der Waals surface area contributed by atoms with Gasteiger partial charge in [0, 0.05) is 12.3 Å². The molecule has 3 rings (SSSR count). The molecule has 0 fully saturated rings. The van der Waals surface area contributed by atoms with Crippen molar-refractivity contribution in [3.05, 3.63) is 28.8 Å². The standard InChI is InChI=1S/C10H8BrN7O/c11-5-1-6(18-17-5)16-10(19)4-2-13-9-7(4)8(12)14-3-15-9/h1-3H,(H3,12,13,14,15)(H2,16,17,18,19). The molecule has 0 aliphatic heterocycles. The Hall–Kier alpha value is -2.42. The fraction of sp³-hybridized carbons (Fsp3) is 0. The third-order valence-corrected chi connectivity index (χ3v) is 2.94. The van der Waals surface area contributed by atoms with Crippen LogP contribution in [0, 0.1) is 0 Å². The van der Waals surface area contributed by atoms with Crippen LogP contribution in [0.3, 0.4) is 0 Å². The molecule has 8 nitrogen and oxygen atoms in total. The lowest BCUT2D eigenvalue weighted by atomic mass is 10.2. The summed E-state index contributed by atoms with van der Waals surface area (Å²) in [5.41, 5.74) is 6.64. The number of amides is 1. The Balaban J connectivity index is 1.98. The normalized spacial score (nSPS) is 10.8. The number of carbonyl (C=O) groups excluding carboxylic acids is 1. The summed E-state index contributed by atoms with van der Waals surface area (Å²) in [5, 5.41) is 9.69. The fourth-order valence-corrected chi connectivity index (χ4v) is 2.02. The molecule has 3 heterocycles. The van der Waals surface area contributed by atoms with Crippen LogP contribution in [0.25, 0.3) is 11.0 Å². The minimum Gasteiger partial charge on any atom is -0.383 e. The van der Waals surface area contributed by atoms with E-state index >= 15 is 0 Å². The summed E-state index contributed by atoms with van der Waals surface area (Å²) in [6.07, 6.45) is 2.87. The molecule has 5 N–H and O–H groups in total. The van der Waals surface area contributed by atoms with Gasteiger partial charge in [0.05, 0.1) is 10.9 Å². The Morgan fingerprint density at radius 2 is 2.26 bits per heavy atom. The Bertz CT molecular complexity index is 762. The van der Waals surface area contributed by atoms with E-state index in [0.29, 0.717) is 27.0 Å². The van der Waals surface area contributed by atoms with Crippen LogP contribution in [0.4, 0.5) is 11.6 Å². The van der Waals surface area contributed by atoms with Crippen molar-refractivity contribution in [3.63, 3.8) is 0 Å². The van der Waals surface area contributed by atoms with E-state index in [-0.39, 0.29) is 11.7 Å². The van der Waals surface area contributed by atoms with Crippen molar-refractivity contribution in [2.24, 2.45) is 0 Å². The second-order valence-electron chi connectivity index (χ2n) is 3.74. The van der Waals surface area contributed by atoms with E-state index in [1.807, 2.05) is 0 Å². The lowest BCUT2D eigenvalue weighted by Crippen LogP contribution is -2.12. The van der Waals surface area contributed by atoms with Crippen molar-refractivity contribution < 1.29 is 4.79 Å². The second-order valence-corrected chi connectivity index (χ2v) is 4.59. The molecule has 96 valence electrons. The van der Waals surface area contributed by atoms with Gasteiger partial charge >= 0.3 is 0 Å². The highest BCUT2D eigenvalue weighted by Crippen LogP contribution is 2.22. The maximum absolute atomic E-state index is 12.1. The van der Waals surface area contributed by atoms with Crippen LogP contribution < -0.4 is 11.1 Å². The third kappa shape index (κ3) is 2.03. The second kappa shape index (κ2) is 4.35. The molecule has 0 saturated carbocycles. The molecule has 0 unspecified atom stereocenters. The first kappa shape index (κ1) is 11.7. The van der Waals surface area contributed by atoms with Crippen molar-refractivity contribution in [2.45, 2.75) is 0 Å². The highest BCUT2D eigenvalue weighted by molar-refractivity contribution is 9.10. The van der Waals surface area contributed by atoms with E-state index < -0.39 is 0 Å². The number of hydrogen-bond acceptors (Lipinski definition) is 5. The number of nitrogen functional groups attached to an aromatic ring is 1. The number of anilines is 2. The Kier molecular flexibility index (Phi) is 2.67. The number of rotatable bonds is 2. The average Bonchev–Trinajstić information content (AvgIpc) is 2.96. The van der Waals surface area contributed by atoms with E-state index in [0.717, 1.165) is 0 Å². The van der Waals surface area contributed by atoms with Crippen LogP contribution in [0.2, 0.25) is 0 Å². The van der Waals surface area contributed by atoms with E-state index in [9.17, 15) is 4.79 Å². The average molecular weight is 322 g/mol. The number of aromatic amines is 2. The van der Waals surface area contributed by atoms with Crippen molar-refractivity contribution in [1.82, 2.24) is 25.1 Å². The molecule has 0 atom stereocenters. The van der Waals surface area contributed by atoms with Gasteiger partial charge in [0.2, 0.25) is 0 Å². The van der Waals surface area contributed by atoms with Gasteiger partial charge in [-0.3, -0.25) is 9.89 Å². The van der Waals surface area contributed by atoms with Crippen molar-refractivity contribution in [2.75, 3.05) is 11.1 Å². The van der Waals surface area contributed by atoms with Crippen molar-refractivity contribution >= 4 is 44.5 Å². The van der Waals surface area contributed by atoms with Crippen LogP contribution in [-0.4, -0.2) is 31.1 Å². The van der Waals surface area contributed by atoms with Gasteiger partial charge < -0.3 is 16.0 Å². The lowest BCUT2D eigenvalue weighted by Gasteiger charge is -2.01. The predicted octanol–water partition coefficient (Wildman–Crippen LogP) is 1.28. The summed E-state index contributed by atoms with van der Waals surface area (Å²) in [7, 11) is 0. The Morgan fingerprint density at radius 1 is 1.42 bits per heavy atom. The largest absolute Gasteiger partial charge is 0.383 e. The van der Waals surface area contributed by atoms with Gasteiger partial charge in [0.1, 0.15) is 22.4 Å². The minimum atomic E-state index is -0.341. The van der Waals surface area contributed by atoms with Crippen LogP contribution in [0.15, 0.2) is 23.2 Å². The molecular formula is C10H8BrN7O. The number of nitrogens with zero attached hydrogens (tertiary/aromatic N) is 3. The molecule has 0 aromatic carbocycles. The third-order valence-electron chi connectivity index (χ3n) is 2.53. The monoisotopic (exact) mass is 321 g/mol. The smallest absolute Gasteiger partial charge is 0.259 e. The molecule has 0 saturated heterocycles. The number of nitrogens with one attached hydrogen (secondary N) is 3. The number of aromatic nitrogens is 5. The molecule has 3 aromatic rings. The molecule has 1 amide bonds. The van der Waals surface area contributed by atoms with Crippen LogP contribution >= 0.6 is 15.9 Å². The lowest BCUT2D eigenvalue weighted by molar-refractivity contribution is 0.102. The molecule has 0 aliphatic rings. The molecule has 0 spiro atoms. The van der Waals surface area contributed by atoms with E-state index in [4.69, 9.17) is 5.73 Å². The molecule has 19 heavy (non-hydrogen) atoms. The SMILES string of the molecule is Nc1ncnc2[nH]cc(C(=O)Nc3cc(Br)[nH]n3)c12. The quantitative estimate of drug-likeness (QED) is 0.565. The molecule has 9 heteroatoms. The molecular weight excluding hydrogens is 314 g/mol. The van der Waals surface area contributed by atoms with E-state index in [1.54, 1.807) is 6.07 Å². The van der Waals surface area contributed by atoms with Gasteiger partial charge in [-0.1, -0.05) is 0 Å². The summed E-state index contributed by atoms with van der Waals surface area (Å²) in [4.78, 5) is 22.9. The number of carbonyl (C=O) groups is 1. The van der Waals surface area contributed by atoms with Gasteiger partial charge in [0.25, 0.3) is 5.91 Å². The fourth-order valence-electron chi connectivity index (χ4n) is 1.71. The van der Waals surface area contributed by atoms with E-state index in [2.05, 4.69) is 46.4 Å². The Morgan fingerprint density at radius 3 is 3.00 bits per heavy atom. The Labute approximate surface area is 114 Å². The number of hydrogen-bond donors (Lipinski definition) is 4. The minimum absolute atomic E-state index is 0.250. The highest BCUT2D eigenvalue weighted by Gasteiger charge is 2.16. The van der Waals surface area contributed by atoms with Gasteiger partial charge in [-0.15, -0.1) is 0 Å². The maximum atomic E-state index is 12.1. The zero-order valence-corrected chi connectivity index (χ0v) is 11.0. The molecule has 3 aromatic heterocycles. The van der Waals surface area contributed by atoms with E-state index in [1.165, 1.54) is 12.5 Å². The summed E-state index contributed by atoms with van der Waals surface area (Å²) in [6, 6.07) is 1.65. The zero-order chi connectivity index (χ0) is 13.4. The number of nitrogens with two attached hydrogens (primary N) is 1. The number of fused-ring (bicyclic) bond motifs is 1. The highest BCUT2D eigenvalue weighted by atomic mass is 79.9. The molecule has 0 bridgehead atoms. The summed E-state index contributed by atoms with van der Waals surface area (Å²) < 4.78 is 0.671. The van der Waals surface area contributed by atoms with Crippen molar-refractivity contribution in [3.8, 4) is 0 Å². The van der Waals surface area contributed by atoms with Crippen LogP contribution in [0.1, 0.15) is 10.4 Å². The first-order valence-corrected chi connectivity index (χ1v) is 6.04. The number of halogens is 1. The maximum Gasteiger partial charge on any atom is 0.259 e. The zero-order valence-electron chi connectivity index (χ0n) is 9.44. The first-order chi connectivity index (χ1) is 9.15. The van der Waals surface area contributed by atoms with Gasteiger partial charge in [0.15, 0.2) is 5.82 Å². The first-order valence-electron chi connectivity index (χ1n) is 5.25. The summed E-state index contributed by atoms with van der Waals surface area (Å²) in [5.74, 6) is 0.313. The van der Waals surface area contributed by atoms with Gasteiger partial charge in [-0.2, -0.15) is 5.10 Å². The van der Waals surface area contributed by atoms with Gasteiger partial charge in [-0.25, -0.2) is 9.97 Å². The number of H-pyrrole nitrogens is 2. The summed E-state index contributed by atoms with van der Waals surface area (Å²) in [6.45, 7) is 0. The van der Waals surface area contributed by atoms with Crippen LogP contribution in [-0.2, 0) is 0 Å². The summed E-state index contributed by atoms with van der Waals surface area (Å²) >= 11 is 3.21. The molecule has 0 radical (unpaired) electrons.